The number of hydrogen-bond donors (Lipinski definition) is 1. The van der Waals surface area contributed by atoms with Gasteiger partial charge in [-0.15, -0.1) is 0 Å². The van der Waals surface area contributed by atoms with Gasteiger partial charge in [0.1, 0.15) is 13.2 Å². The summed E-state index contributed by atoms with van der Waals surface area (Å²) in [6.07, 6.45) is 75.0. The number of carbonyl (C=O) groups is 3. The van der Waals surface area contributed by atoms with E-state index < -0.39 is 18.4 Å². The molecule has 0 aromatic rings. The zero-order chi connectivity index (χ0) is 57.6. The summed E-state index contributed by atoms with van der Waals surface area (Å²) < 4.78 is 23.0. The van der Waals surface area contributed by atoms with Gasteiger partial charge in [-0.3, -0.25) is 9.59 Å². The monoisotopic (exact) mass is 1110 g/mol. The van der Waals surface area contributed by atoms with Crippen LogP contribution in [-0.4, -0.2) is 87.4 Å². The Morgan fingerprint density at radius 1 is 0.380 bits per heavy atom. The highest BCUT2D eigenvalue weighted by Crippen LogP contribution is 2.18. The van der Waals surface area contributed by atoms with Crippen LogP contribution in [-0.2, 0) is 33.3 Å². The van der Waals surface area contributed by atoms with Gasteiger partial charge in [0.05, 0.1) is 34.4 Å². The van der Waals surface area contributed by atoms with Gasteiger partial charge in [-0.05, 0) is 77.0 Å². The first kappa shape index (κ1) is 76.2. The van der Waals surface area contributed by atoms with Crippen LogP contribution in [0.25, 0.3) is 0 Å². The topological polar surface area (TPSA) is 108 Å². The lowest BCUT2D eigenvalue weighted by Gasteiger charge is -2.25. The Morgan fingerprint density at radius 2 is 0.684 bits per heavy atom. The Labute approximate surface area is 489 Å². The summed E-state index contributed by atoms with van der Waals surface area (Å²) in [6, 6.07) is 0. The van der Waals surface area contributed by atoms with E-state index >= 15 is 0 Å². The smallest absolute Gasteiger partial charge is 0.361 e. The Balaban J connectivity index is 4.12. The maximum atomic E-state index is 12.9. The highest BCUT2D eigenvalue weighted by Gasteiger charge is 2.25. The lowest BCUT2D eigenvalue weighted by molar-refractivity contribution is -0.870. The molecule has 0 spiro atoms. The number of carboxylic acid groups (broad SMARTS) is 1. The van der Waals surface area contributed by atoms with Crippen molar-refractivity contribution in [2.75, 3.05) is 47.5 Å². The quantitative estimate of drug-likeness (QED) is 0.0211. The SMILES string of the molecule is CCCCCCC/C=C\C/C=C\CCCCCCCCCCCCCCCCCC(=O)OCC(COC(OCC[N+](C)(C)C)C(=O)O)OC(=O)CCCCCCCCCCCCCCCCC/C=C\C/C=C\CCCCCCC. The van der Waals surface area contributed by atoms with Gasteiger partial charge in [-0.25, -0.2) is 4.79 Å². The summed E-state index contributed by atoms with van der Waals surface area (Å²) in [4.78, 5) is 37.6. The van der Waals surface area contributed by atoms with E-state index in [2.05, 4.69) is 62.5 Å². The maximum absolute atomic E-state index is 12.9. The summed E-state index contributed by atoms with van der Waals surface area (Å²) in [5, 5.41) is 9.74. The molecule has 0 saturated carbocycles. The number of allylic oxidation sites excluding steroid dienone is 8. The molecule has 0 aliphatic heterocycles. The molecule has 0 fully saturated rings. The van der Waals surface area contributed by atoms with E-state index in [-0.39, 0.29) is 38.2 Å². The van der Waals surface area contributed by atoms with Gasteiger partial charge >= 0.3 is 17.9 Å². The van der Waals surface area contributed by atoms with Crippen molar-refractivity contribution in [3.05, 3.63) is 48.6 Å². The fourth-order valence-electron chi connectivity index (χ4n) is 9.84. The van der Waals surface area contributed by atoms with Crippen LogP contribution in [0.5, 0.6) is 0 Å². The van der Waals surface area contributed by atoms with E-state index in [1.807, 2.05) is 21.1 Å². The molecule has 0 aromatic carbocycles. The number of quaternary nitrogens is 1. The third-order valence-electron chi connectivity index (χ3n) is 15.1. The minimum atomic E-state index is -1.51. The number of aliphatic carboxylic acids is 1. The van der Waals surface area contributed by atoms with E-state index in [4.69, 9.17) is 18.9 Å². The van der Waals surface area contributed by atoms with Gasteiger partial charge in [0, 0.05) is 12.8 Å². The second-order valence-corrected chi connectivity index (χ2v) is 24.1. The molecule has 0 saturated heterocycles. The summed E-state index contributed by atoms with van der Waals surface area (Å²) in [5.74, 6) is -1.99. The molecular weight excluding hydrogens is 983 g/mol. The second-order valence-electron chi connectivity index (χ2n) is 24.1. The first-order valence-corrected chi connectivity index (χ1v) is 33.8. The summed E-state index contributed by atoms with van der Waals surface area (Å²) in [6.45, 7) is 4.91. The summed E-state index contributed by atoms with van der Waals surface area (Å²) in [5.41, 5.74) is 0. The third-order valence-corrected chi connectivity index (χ3v) is 15.1. The number of hydrogen-bond acceptors (Lipinski definition) is 7. The van der Waals surface area contributed by atoms with Crippen LogP contribution in [0.4, 0.5) is 0 Å². The molecule has 0 rings (SSSR count). The van der Waals surface area contributed by atoms with Crippen LogP contribution in [0, 0.1) is 0 Å². The van der Waals surface area contributed by atoms with E-state index in [0.717, 1.165) is 51.4 Å². The standard InChI is InChI=1S/C70H129NO8/c1-6-8-10-12-14-16-18-20-22-24-26-28-30-32-34-36-38-40-42-44-46-48-50-52-54-56-58-60-67(72)77-64-66(65-78-70(69(74)75)76-63-62-71(3,4)5)79-68(73)61-59-57-55-53-51-49-47-45-43-41-39-37-35-33-31-29-27-25-23-21-19-17-15-13-11-9-7-2/h18-21,24-27,66,70H,6-17,22-23,28-65H2,1-5H3/p+1/b20-18-,21-19-,26-24-,27-25-. The average molecular weight is 1110 g/mol. The van der Waals surface area contributed by atoms with Crippen molar-refractivity contribution in [2.45, 2.75) is 334 Å². The maximum Gasteiger partial charge on any atom is 0.361 e. The molecule has 0 radical (unpaired) electrons. The van der Waals surface area contributed by atoms with Gasteiger partial charge in [0.2, 0.25) is 0 Å². The van der Waals surface area contributed by atoms with E-state index in [9.17, 15) is 19.5 Å². The predicted octanol–water partition coefficient (Wildman–Crippen LogP) is 20.6. The van der Waals surface area contributed by atoms with Gasteiger partial charge in [0.15, 0.2) is 6.10 Å². The number of carboxylic acids is 1. The molecule has 0 amide bonds. The number of nitrogens with zero attached hydrogens (tertiary/aromatic N) is 1. The lowest BCUT2D eigenvalue weighted by Crippen LogP contribution is -2.40. The molecule has 0 aromatic heterocycles. The summed E-state index contributed by atoms with van der Waals surface area (Å²) >= 11 is 0. The summed E-state index contributed by atoms with van der Waals surface area (Å²) in [7, 11) is 5.98. The highest BCUT2D eigenvalue weighted by atomic mass is 16.7. The number of esters is 2. The highest BCUT2D eigenvalue weighted by molar-refractivity contribution is 5.71. The molecule has 0 aliphatic carbocycles. The van der Waals surface area contributed by atoms with E-state index in [0.29, 0.717) is 17.4 Å². The molecular formula is C70H130NO8+. The minimum Gasteiger partial charge on any atom is -0.477 e. The Bertz CT molecular complexity index is 1430. The fourth-order valence-corrected chi connectivity index (χ4v) is 9.84. The van der Waals surface area contributed by atoms with Gasteiger partial charge in [-0.2, -0.15) is 0 Å². The van der Waals surface area contributed by atoms with Crippen molar-refractivity contribution < 1.29 is 42.9 Å². The van der Waals surface area contributed by atoms with Gasteiger partial charge < -0.3 is 28.5 Å². The van der Waals surface area contributed by atoms with Gasteiger partial charge in [0.25, 0.3) is 6.29 Å². The molecule has 9 nitrogen and oxygen atoms in total. The molecule has 1 N–H and O–H groups in total. The fraction of sp³-hybridized carbons (Fsp3) is 0.843. The first-order valence-electron chi connectivity index (χ1n) is 33.8. The molecule has 2 unspecified atom stereocenters. The van der Waals surface area contributed by atoms with Crippen molar-refractivity contribution in [2.24, 2.45) is 0 Å². The van der Waals surface area contributed by atoms with Crippen LogP contribution in [0.2, 0.25) is 0 Å². The van der Waals surface area contributed by atoms with Crippen LogP contribution in [0.3, 0.4) is 0 Å². The van der Waals surface area contributed by atoms with Crippen LogP contribution in [0.15, 0.2) is 48.6 Å². The largest absolute Gasteiger partial charge is 0.477 e. The molecule has 79 heavy (non-hydrogen) atoms. The van der Waals surface area contributed by atoms with Crippen molar-refractivity contribution >= 4 is 17.9 Å². The molecule has 0 bridgehead atoms. The molecule has 0 heterocycles. The van der Waals surface area contributed by atoms with Gasteiger partial charge in [-0.1, -0.05) is 281 Å². The Kier molecular flexibility index (Phi) is 59.2. The van der Waals surface area contributed by atoms with Crippen LogP contribution >= 0.6 is 0 Å². The number of unbranched alkanes of at least 4 members (excludes halogenated alkanes) is 40. The lowest BCUT2D eigenvalue weighted by atomic mass is 10.0. The Hall–Kier alpha value is -2.75. The molecule has 0 aliphatic rings. The van der Waals surface area contributed by atoms with Crippen molar-refractivity contribution in [3.8, 4) is 0 Å². The van der Waals surface area contributed by atoms with Crippen molar-refractivity contribution in [1.82, 2.24) is 0 Å². The number of likely N-dealkylation sites (N-methyl/N-ethyl adjacent to an activating group) is 1. The number of ether oxygens (including phenoxy) is 4. The number of carbonyl (C=O) groups excluding carboxylic acids is 2. The van der Waals surface area contributed by atoms with E-state index in [1.54, 1.807) is 0 Å². The zero-order valence-corrected chi connectivity index (χ0v) is 52.8. The Morgan fingerprint density at radius 3 is 1.00 bits per heavy atom. The molecule has 9 heteroatoms. The predicted molar refractivity (Wildman–Crippen MR) is 337 cm³/mol. The number of rotatable bonds is 63. The van der Waals surface area contributed by atoms with Crippen molar-refractivity contribution in [1.29, 1.82) is 0 Å². The zero-order valence-electron chi connectivity index (χ0n) is 52.8. The van der Waals surface area contributed by atoms with Crippen LogP contribution in [0.1, 0.15) is 322 Å². The molecule has 2 atom stereocenters. The average Bonchev–Trinajstić information content (AvgIpc) is 3.42. The normalized spacial score (nSPS) is 13.0. The van der Waals surface area contributed by atoms with Crippen molar-refractivity contribution in [3.63, 3.8) is 0 Å². The first-order chi connectivity index (χ1) is 38.6. The molecule has 462 valence electrons. The second kappa shape index (κ2) is 61.3. The van der Waals surface area contributed by atoms with E-state index in [1.165, 1.54) is 244 Å². The minimum absolute atomic E-state index is 0.179. The third kappa shape index (κ3) is 62.7. The van der Waals surface area contributed by atoms with Crippen LogP contribution < -0.4 is 0 Å².